The standard InChI is InChI=1S/C19H19ClN2O3/c20-15-6-1-4-13(10-15)19(24)22-16-7-2-5-14(11-16)18(23)21-12-17-8-3-9-25-17/h1-2,4-7,10-11,17H,3,8-9,12H2,(H,21,23)(H,22,24)/t17-/m1/s1. The number of benzene rings is 2. The molecule has 0 saturated carbocycles. The zero-order valence-corrected chi connectivity index (χ0v) is 14.4. The maximum absolute atomic E-state index is 12.3. The van der Waals surface area contributed by atoms with E-state index in [1.54, 1.807) is 48.5 Å². The molecule has 1 aliphatic rings. The summed E-state index contributed by atoms with van der Waals surface area (Å²) in [5.41, 5.74) is 1.50. The van der Waals surface area contributed by atoms with Crippen LogP contribution in [0.15, 0.2) is 48.5 Å². The summed E-state index contributed by atoms with van der Waals surface area (Å²) >= 11 is 5.90. The third-order valence-corrected chi connectivity index (χ3v) is 4.22. The molecule has 1 atom stereocenters. The van der Waals surface area contributed by atoms with Crippen molar-refractivity contribution in [1.82, 2.24) is 5.32 Å². The molecule has 0 aromatic heterocycles. The first-order valence-electron chi connectivity index (χ1n) is 8.18. The SMILES string of the molecule is O=C(NC[C@H]1CCCO1)c1cccc(NC(=O)c2cccc(Cl)c2)c1. The van der Waals surface area contributed by atoms with Crippen LogP contribution in [-0.4, -0.2) is 31.1 Å². The van der Waals surface area contributed by atoms with Gasteiger partial charge in [0.15, 0.2) is 0 Å². The van der Waals surface area contributed by atoms with Crippen molar-refractivity contribution in [2.45, 2.75) is 18.9 Å². The first-order valence-corrected chi connectivity index (χ1v) is 8.56. The van der Waals surface area contributed by atoms with Crippen LogP contribution in [0.2, 0.25) is 5.02 Å². The van der Waals surface area contributed by atoms with Crippen molar-refractivity contribution in [2.75, 3.05) is 18.5 Å². The highest BCUT2D eigenvalue weighted by Gasteiger charge is 2.17. The Bertz CT molecular complexity index is 773. The molecule has 0 unspecified atom stereocenters. The number of rotatable bonds is 5. The molecule has 1 aliphatic heterocycles. The average molecular weight is 359 g/mol. The summed E-state index contributed by atoms with van der Waals surface area (Å²) in [6, 6.07) is 13.5. The van der Waals surface area contributed by atoms with E-state index in [1.165, 1.54) is 0 Å². The van der Waals surface area contributed by atoms with Crippen molar-refractivity contribution < 1.29 is 14.3 Å². The minimum atomic E-state index is -0.278. The predicted molar refractivity (Wildman–Crippen MR) is 97.2 cm³/mol. The second-order valence-corrected chi connectivity index (χ2v) is 6.33. The highest BCUT2D eigenvalue weighted by Crippen LogP contribution is 2.15. The number of halogens is 1. The number of nitrogens with one attached hydrogen (secondary N) is 2. The molecule has 2 amide bonds. The number of carbonyl (C=O) groups excluding carboxylic acids is 2. The Kier molecular flexibility index (Phi) is 5.68. The lowest BCUT2D eigenvalue weighted by Crippen LogP contribution is -2.31. The summed E-state index contributed by atoms with van der Waals surface area (Å²) in [5, 5.41) is 6.14. The van der Waals surface area contributed by atoms with Gasteiger partial charge in [-0.05, 0) is 49.2 Å². The van der Waals surface area contributed by atoms with Crippen LogP contribution < -0.4 is 10.6 Å². The van der Waals surface area contributed by atoms with E-state index in [1.807, 2.05) is 0 Å². The van der Waals surface area contributed by atoms with E-state index in [2.05, 4.69) is 10.6 Å². The number of hydrogen-bond acceptors (Lipinski definition) is 3. The number of ether oxygens (including phenoxy) is 1. The van der Waals surface area contributed by atoms with Gasteiger partial charge in [-0.25, -0.2) is 0 Å². The molecular formula is C19H19ClN2O3. The summed E-state index contributed by atoms with van der Waals surface area (Å²) in [5.74, 6) is -0.464. The molecule has 1 fully saturated rings. The maximum Gasteiger partial charge on any atom is 0.255 e. The summed E-state index contributed by atoms with van der Waals surface area (Å²) in [4.78, 5) is 24.5. The van der Waals surface area contributed by atoms with E-state index in [-0.39, 0.29) is 17.9 Å². The monoisotopic (exact) mass is 358 g/mol. The highest BCUT2D eigenvalue weighted by atomic mass is 35.5. The second-order valence-electron chi connectivity index (χ2n) is 5.89. The van der Waals surface area contributed by atoms with Gasteiger partial charge in [0.2, 0.25) is 0 Å². The smallest absolute Gasteiger partial charge is 0.255 e. The maximum atomic E-state index is 12.3. The van der Waals surface area contributed by atoms with Crippen LogP contribution in [0.1, 0.15) is 33.6 Å². The molecule has 3 rings (SSSR count). The van der Waals surface area contributed by atoms with Crippen molar-refractivity contribution in [1.29, 1.82) is 0 Å². The third kappa shape index (κ3) is 4.81. The fourth-order valence-corrected chi connectivity index (χ4v) is 2.88. The van der Waals surface area contributed by atoms with Crippen molar-refractivity contribution in [3.05, 3.63) is 64.7 Å². The van der Waals surface area contributed by atoms with E-state index in [9.17, 15) is 9.59 Å². The molecule has 0 spiro atoms. The van der Waals surface area contributed by atoms with E-state index in [0.717, 1.165) is 19.4 Å². The molecule has 0 radical (unpaired) electrons. The molecule has 130 valence electrons. The summed E-state index contributed by atoms with van der Waals surface area (Å²) in [6.45, 7) is 1.25. The minimum Gasteiger partial charge on any atom is -0.376 e. The lowest BCUT2D eigenvalue weighted by atomic mass is 10.1. The topological polar surface area (TPSA) is 67.4 Å². The van der Waals surface area contributed by atoms with Crippen molar-refractivity contribution in [2.24, 2.45) is 0 Å². The molecule has 1 heterocycles. The number of hydrogen-bond donors (Lipinski definition) is 2. The molecule has 25 heavy (non-hydrogen) atoms. The van der Waals surface area contributed by atoms with Crippen LogP contribution in [0.5, 0.6) is 0 Å². The summed E-state index contributed by atoms with van der Waals surface area (Å²) in [6.07, 6.45) is 2.09. The van der Waals surface area contributed by atoms with Gasteiger partial charge in [-0.2, -0.15) is 0 Å². The third-order valence-electron chi connectivity index (χ3n) is 3.98. The quantitative estimate of drug-likeness (QED) is 0.859. The normalized spacial score (nSPS) is 16.4. The lowest BCUT2D eigenvalue weighted by Gasteiger charge is -2.11. The van der Waals surface area contributed by atoms with Crippen LogP contribution in [-0.2, 0) is 4.74 Å². The van der Waals surface area contributed by atoms with Crippen LogP contribution in [0.4, 0.5) is 5.69 Å². The number of amides is 2. The van der Waals surface area contributed by atoms with Crippen LogP contribution in [0.25, 0.3) is 0 Å². The van der Waals surface area contributed by atoms with Gasteiger partial charge in [0.25, 0.3) is 11.8 Å². The van der Waals surface area contributed by atoms with Crippen molar-refractivity contribution in [3.8, 4) is 0 Å². The lowest BCUT2D eigenvalue weighted by molar-refractivity contribution is 0.0857. The fourth-order valence-electron chi connectivity index (χ4n) is 2.69. The molecule has 2 N–H and O–H groups in total. The Morgan fingerprint density at radius 2 is 1.84 bits per heavy atom. The zero-order valence-electron chi connectivity index (χ0n) is 13.6. The Morgan fingerprint density at radius 3 is 2.56 bits per heavy atom. The summed E-state index contributed by atoms with van der Waals surface area (Å²) < 4.78 is 5.49. The Labute approximate surface area is 151 Å². The molecule has 0 bridgehead atoms. The van der Waals surface area contributed by atoms with Gasteiger partial charge in [-0.1, -0.05) is 23.7 Å². The van der Waals surface area contributed by atoms with Crippen LogP contribution >= 0.6 is 11.6 Å². The minimum absolute atomic E-state index is 0.0923. The first kappa shape index (κ1) is 17.5. The summed E-state index contributed by atoms with van der Waals surface area (Å²) in [7, 11) is 0. The van der Waals surface area contributed by atoms with Crippen LogP contribution in [0.3, 0.4) is 0 Å². The van der Waals surface area contributed by atoms with Gasteiger partial charge >= 0.3 is 0 Å². The highest BCUT2D eigenvalue weighted by molar-refractivity contribution is 6.31. The van der Waals surface area contributed by atoms with Gasteiger partial charge in [-0.15, -0.1) is 0 Å². The van der Waals surface area contributed by atoms with Gasteiger partial charge < -0.3 is 15.4 Å². The predicted octanol–water partition coefficient (Wildman–Crippen LogP) is 3.50. The Hall–Kier alpha value is -2.37. The number of anilines is 1. The van der Waals surface area contributed by atoms with E-state index in [4.69, 9.17) is 16.3 Å². The molecule has 0 aliphatic carbocycles. The average Bonchev–Trinajstić information content (AvgIpc) is 3.13. The molecular weight excluding hydrogens is 340 g/mol. The fraction of sp³-hybridized carbons (Fsp3) is 0.263. The van der Waals surface area contributed by atoms with Crippen LogP contribution in [0, 0.1) is 0 Å². The molecule has 1 saturated heterocycles. The Morgan fingerprint density at radius 1 is 1.08 bits per heavy atom. The largest absolute Gasteiger partial charge is 0.376 e. The molecule has 2 aromatic carbocycles. The van der Waals surface area contributed by atoms with Gasteiger partial charge in [0, 0.05) is 35.0 Å². The number of carbonyl (C=O) groups is 2. The van der Waals surface area contributed by atoms with Crippen molar-refractivity contribution >= 4 is 29.1 Å². The molecule has 2 aromatic rings. The Balaban J connectivity index is 1.62. The zero-order chi connectivity index (χ0) is 17.6. The van der Waals surface area contributed by atoms with Gasteiger partial charge in [0.1, 0.15) is 0 Å². The van der Waals surface area contributed by atoms with E-state index in [0.29, 0.717) is 28.4 Å². The molecule has 6 heteroatoms. The second kappa shape index (κ2) is 8.14. The molecule has 5 nitrogen and oxygen atoms in total. The first-order chi connectivity index (χ1) is 12.1. The van der Waals surface area contributed by atoms with E-state index < -0.39 is 0 Å². The van der Waals surface area contributed by atoms with Crippen molar-refractivity contribution in [3.63, 3.8) is 0 Å². The van der Waals surface area contributed by atoms with Gasteiger partial charge in [-0.3, -0.25) is 9.59 Å². The van der Waals surface area contributed by atoms with E-state index >= 15 is 0 Å². The van der Waals surface area contributed by atoms with Gasteiger partial charge in [0.05, 0.1) is 6.10 Å².